The predicted octanol–water partition coefficient (Wildman–Crippen LogP) is 1.12. The molecule has 0 radical (unpaired) electrons. The lowest BCUT2D eigenvalue weighted by molar-refractivity contribution is 0.479. The molecule has 1 aromatic rings. The molecule has 2 N–H and O–H groups in total. The molecule has 1 saturated heterocycles. The summed E-state index contributed by atoms with van der Waals surface area (Å²) in [7, 11) is 0. The van der Waals surface area contributed by atoms with Crippen LogP contribution in [0.4, 0.5) is 5.95 Å². The van der Waals surface area contributed by atoms with Crippen molar-refractivity contribution < 1.29 is 0 Å². The number of nitrogens with one attached hydrogen (secondary N) is 2. The minimum atomic E-state index is 0.529. The van der Waals surface area contributed by atoms with Gasteiger partial charge in [-0.15, -0.1) is 5.10 Å². The number of hydrogen-bond donors (Lipinski definition) is 2. The summed E-state index contributed by atoms with van der Waals surface area (Å²) in [6.45, 7) is 5.26. The fraction of sp³-hybridized carbons (Fsp3) is 0.846. The fourth-order valence-corrected chi connectivity index (χ4v) is 3.90. The summed E-state index contributed by atoms with van der Waals surface area (Å²) >= 11 is 0. The third-order valence-electron chi connectivity index (χ3n) is 4.86. The number of H-pyrrole nitrogens is 1. The first-order valence-corrected chi connectivity index (χ1v) is 7.23. The minimum absolute atomic E-state index is 0.529. The summed E-state index contributed by atoms with van der Waals surface area (Å²) in [5.74, 6) is 4.56. The van der Waals surface area contributed by atoms with Crippen molar-refractivity contribution in [1.82, 2.24) is 20.5 Å². The molecule has 1 aliphatic heterocycles. The number of fused-ring (bicyclic) bond motifs is 1. The normalized spacial score (nSPS) is 38.8. The van der Waals surface area contributed by atoms with Crippen LogP contribution in [-0.2, 0) is 0 Å². The van der Waals surface area contributed by atoms with Crippen LogP contribution >= 0.6 is 0 Å². The summed E-state index contributed by atoms with van der Waals surface area (Å²) in [4.78, 5) is 7.04. The maximum absolute atomic E-state index is 4.74. The molecule has 0 amide bonds. The highest BCUT2D eigenvalue weighted by molar-refractivity contribution is 5.32. The number of aromatic nitrogens is 3. The SMILES string of the molecule is C[C@@H]1CN(c2n[nH]c(C3C4CCCC43)n2)CCN1. The van der Waals surface area contributed by atoms with E-state index in [9.17, 15) is 0 Å². The molecule has 4 rings (SSSR count). The molecule has 0 spiro atoms. The first-order valence-electron chi connectivity index (χ1n) is 7.23. The van der Waals surface area contributed by atoms with Gasteiger partial charge in [-0.3, -0.25) is 5.10 Å². The molecule has 5 heteroatoms. The molecule has 98 valence electrons. The monoisotopic (exact) mass is 247 g/mol. The second-order valence-corrected chi connectivity index (χ2v) is 6.11. The molecule has 3 fully saturated rings. The predicted molar refractivity (Wildman–Crippen MR) is 69.6 cm³/mol. The zero-order valence-electron chi connectivity index (χ0n) is 10.9. The molecule has 3 atom stereocenters. The standard InChI is InChI=1S/C13H21N5/c1-8-7-18(6-5-14-8)13-15-12(16-17-13)11-9-3-2-4-10(9)11/h8-11,14H,2-7H2,1H3,(H,15,16,17)/t8-,9?,10?,11?/m1/s1. The highest BCUT2D eigenvalue weighted by atomic mass is 15.4. The van der Waals surface area contributed by atoms with E-state index in [1.165, 1.54) is 19.3 Å². The largest absolute Gasteiger partial charge is 0.337 e. The van der Waals surface area contributed by atoms with E-state index in [1.807, 2.05) is 0 Å². The van der Waals surface area contributed by atoms with Gasteiger partial charge >= 0.3 is 0 Å². The van der Waals surface area contributed by atoms with E-state index >= 15 is 0 Å². The summed E-state index contributed by atoms with van der Waals surface area (Å²) in [6, 6.07) is 0.529. The van der Waals surface area contributed by atoms with Crippen molar-refractivity contribution >= 4 is 5.95 Å². The molecule has 3 aliphatic rings. The van der Waals surface area contributed by atoms with Gasteiger partial charge in [0, 0.05) is 31.6 Å². The van der Waals surface area contributed by atoms with Gasteiger partial charge in [-0.1, -0.05) is 6.42 Å². The Morgan fingerprint density at radius 3 is 2.89 bits per heavy atom. The van der Waals surface area contributed by atoms with Crippen molar-refractivity contribution in [3.05, 3.63) is 5.82 Å². The van der Waals surface area contributed by atoms with E-state index in [2.05, 4.69) is 27.3 Å². The van der Waals surface area contributed by atoms with Gasteiger partial charge < -0.3 is 10.2 Å². The Kier molecular flexibility index (Phi) is 2.37. The summed E-state index contributed by atoms with van der Waals surface area (Å²) in [5, 5.41) is 11.1. The number of piperazine rings is 1. The maximum atomic E-state index is 4.74. The van der Waals surface area contributed by atoms with Gasteiger partial charge in [0.15, 0.2) is 0 Å². The number of aromatic amines is 1. The van der Waals surface area contributed by atoms with Crippen molar-refractivity contribution in [2.24, 2.45) is 11.8 Å². The molecule has 2 aliphatic carbocycles. The molecular formula is C13H21N5. The zero-order valence-corrected chi connectivity index (χ0v) is 10.9. The Balaban J connectivity index is 1.48. The van der Waals surface area contributed by atoms with E-state index in [-0.39, 0.29) is 0 Å². The maximum Gasteiger partial charge on any atom is 0.244 e. The van der Waals surface area contributed by atoms with Gasteiger partial charge in [0.1, 0.15) is 5.82 Å². The van der Waals surface area contributed by atoms with Crippen molar-refractivity contribution in [3.63, 3.8) is 0 Å². The van der Waals surface area contributed by atoms with Crippen LogP contribution in [0.2, 0.25) is 0 Å². The topological polar surface area (TPSA) is 56.8 Å². The lowest BCUT2D eigenvalue weighted by Gasteiger charge is -2.30. The minimum Gasteiger partial charge on any atom is -0.337 e. The van der Waals surface area contributed by atoms with E-state index in [0.717, 1.165) is 43.2 Å². The Morgan fingerprint density at radius 1 is 1.28 bits per heavy atom. The average Bonchev–Trinajstić information content (AvgIpc) is 2.82. The highest BCUT2D eigenvalue weighted by Crippen LogP contribution is 2.62. The molecule has 5 nitrogen and oxygen atoms in total. The smallest absolute Gasteiger partial charge is 0.244 e. The van der Waals surface area contributed by atoms with Gasteiger partial charge in [0.05, 0.1) is 0 Å². The van der Waals surface area contributed by atoms with Crippen molar-refractivity contribution in [2.75, 3.05) is 24.5 Å². The molecule has 0 bridgehead atoms. The number of nitrogens with zero attached hydrogens (tertiary/aromatic N) is 3. The van der Waals surface area contributed by atoms with Crippen LogP contribution < -0.4 is 10.2 Å². The number of hydrogen-bond acceptors (Lipinski definition) is 4. The lowest BCUT2D eigenvalue weighted by Crippen LogP contribution is -2.49. The van der Waals surface area contributed by atoms with Crippen molar-refractivity contribution in [1.29, 1.82) is 0 Å². The van der Waals surface area contributed by atoms with Crippen molar-refractivity contribution in [3.8, 4) is 0 Å². The summed E-state index contributed by atoms with van der Waals surface area (Å²) in [5.41, 5.74) is 0. The van der Waals surface area contributed by atoms with Crippen LogP contribution in [0.15, 0.2) is 0 Å². The fourth-order valence-electron chi connectivity index (χ4n) is 3.90. The summed E-state index contributed by atoms with van der Waals surface area (Å²) in [6.07, 6.45) is 4.22. The van der Waals surface area contributed by atoms with E-state index < -0.39 is 0 Å². The zero-order chi connectivity index (χ0) is 12.1. The van der Waals surface area contributed by atoms with Crippen LogP contribution in [0.1, 0.15) is 37.9 Å². The van der Waals surface area contributed by atoms with Crippen LogP contribution in [0.25, 0.3) is 0 Å². The molecule has 1 aromatic heterocycles. The van der Waals surface area contributed by atoms with Gasteiger partial charge in [0.25, 0.3) is 0 Å². The Hall–Kier alpha value is -1.10. The number of anilines is 1. The van der Waals surface area contributed by atoms with E-state index in [1.54, 1.807) is 0 Å². The van der Waals surface area contributed by atoms with Gasteiger partial charge in [-0.2, -0.15) is 4.98 Å². The molecule has 18 heavy (non-hydrogen) atoms. The second-order valence-electron chi connectivity index (χ2n) is 6.11. The average molecular weight is 247 g/mol. The Bertz CT molecular complexity index is 432. The van der Waals surface area contributed by atoms with Crippen molar-refractivity contribution in [2.45, 2.75) is 38.1 Å². The van der Waals surface area contributed by atoms with E-state index in [0.29, 0.717) is 12.0 Å². The van der Waals surface area contributed by atoms with Crippen LogP contribution in [-0.4, -0.2) is 40.9 Å². The second kappa shape index (κ2) is 3.95. The first kappa shape index (κ1) is 10.8. The Labute approximate surface area is 107 Å². The van der Waals surface area contributed by atoms with Crippen LogP contribution in [0, 0.1) is 11.8 Å². The highest BCUT2D eigenvalue weighted by Gasteiger charge is 2.54. The lowest BCUT2D eigenvalue weighted by atomic mass is 10.1. The van der Waals surface area contributed by atoms with Gasteiger partial charge in [0.2, 0.25) is 5.95 Å². The Morgan fingerprint density at radius 2 is 2.11 bits per heavy atom. The third-order valence-corrected chi connectivity index (χ3v) is 4.86. The summed E-state index contributed by atoms with van der Waals surface area (Å²) < 4.78 is 0. The third kappa shape index (κ3) is 1.64. The first-order chi connectivity index (χ1) is 8.83. The molecular weight excluding hydrogens is 226 g/mol. The molecule has 2 heterocycles. The van der Waals surface area contributed by atoms with Gasteiger partial charge in [-0.05, 0) is 31.6 Å². The molecule has 2 saturated carbocycles. The number of rotatable bonds is 2. The van der Waals surface area contributed by atoms with Gasteiger partial charge in [-0.25, -0.2) is 0 Å². The quantitative estimate of drug-likeness (QED) is 0.822. The molecule has 2 unspecified atom stereocenters. The van der Waals surface area contributed by atoms with Crippen LogP contribution in [0.3, 0.4) is 0 Å². The molecule has 0 aromatic carbocycles. The van der Waals surface area contributed by atoms with Crippen LogP contribution in [0.5, 0.6) is 0 Å². The van der Waals surface area contributed by atoms with E-state index in [4.69, 9.17) is 4.98 Å².